The number of ketones is 1. The molecule has 0 aliphatic heterocycles. The van der Waals surface area contributed by atoms with Gasteiger partial charge in [-0.15, -0.1) is 0 Å². The maximum atomic E-state index is 13.8. The van der Waals surface area contributed by atoms with E-state index in [9.17, 15) is 43.8 Å². The fourth-order valence-electron chi connectivity index (χ4n) is 4.88. The standard InChI is InChI=1S/C36H44N2O11/c1-4-48-33(44)18-15-26(19-32(42)43)37-36(47)28(25-13-9-6-10-14-25)20-30(39)29(16-17-31(40)41)38-35(46)27(23(2)3)21-34(45)49-22-24-11-7-5-8-12-24/h5-15,18,23,26-29H,4,16-17,19-22H2,1-3H3,(H,37,47)(H,38,46)(H,40,41)(H,42,43)/b18-15+/t26-,27+,28+,29+/m1/s1. The van der Waals surface area contributed by atoms with Crippen LogP contribution in [0.3, 0.4) is 0 Å². The smallest absolute Gasteiger partial charge is 0.330 e. The second-order valence-corrected chi connectivity index (χ2v) is 11.7. The van der Waals surface area contributed by atoms with Crippen LogP contribution in [0.25, 0.3) is 0 Å². The van der Waals surface area contributed by atoms with E-state index in [1.54, 1.807) is 75.4 Å². The van der Waals surface area contributed by atoms with Crippen LogP contribution in [0.1, 0.15) is 69.9 Å². The van der Waals surface area contributed by atoms with Gasteiger partial charge in [0.1, 0.15) is 6.61 Å². The molecule has 0 aliphatic rings. The van der Waals surface area contributed by atoms with E-state index in [2.05, 4.69) is 10.6 Å². The van der Waals surface area contributed by atoms with Crippen molar-refractivity contribution >= 4 is 41.5 Å². The topological polar surface area (TPSA) is 202 Å². The summed E-state index contributed by atoms with van der Waals surface area (Å²) in [4.78, 5) is 88.3. The van der Waals surface area contributed by atoms with Crippen molar-refractivity contribution in [2.24, 2.45) is 11.8 Å². The van der Waals surface area contributed by atoms with Gasteiger partial charge in [-0.1, -0.05) is 80.6 Å². The number of esters is 2. The first-order valence-electron chi connectivity index (χ1n) is 16.0. The lowest BCUT2D eigenvalue weighted by Gasteiger charge is -2.25. The Morgan fingerprint density at radius 3 is 1.98 bits per heavy atom. The third-order valence-electron chi connectivity index (χ3n) is 7.52. The summed E-state index contributed by atoms with van der Waals surface area (Å²) in [6.45, 7) is 5.15. The van der Waals surface area contributed by atoms with Crippen LogP contribution in [0.15, 0.2) is 72.8 Å². The summed E-state index contributed by atoms with van der Waals surface area (Å²) in [5.74, 6) is -8.28. The minimum atomic E-state index is -1.32. The van der Waals surface area contributed by atoms with Crippen LogP contribution in [-0.4, -0.2) is 70.4 Å². The number of carbonyl (C=O) groups excluding carboxylic acids is 5. The van der Waals surface area contributed by atoms with E-state index in [0.29, 0.717) is 5.56 Å². The number of nitrogens with one attached hydrogen (secondary N) is 2. The number of amides is 2. The molecule has 4 N–H and O–H groups in total. The first-order valence-corrected chi connectivity index (χ1v) is 16.0. The molecule has 0 bridgehead atoms. The molecule has 2 rings (SSSR count). The van der Waals surface area contributed by atoms with Crippen molar-refractivity contribution < 1.29 is 53.2 Å². The zero-order valence-corrected chi connectivity index (χ0v) is 27.8. The summed E-state index contributed by atoms with van der Waals surface area (Å²) in [5.41, 5.74) is 1.17. The maximum Gasteiger partial charge on any atom is 0.330 e. The van der Waals surface area contributed by atoms with E-state index in [1.165, 1.54) is 6.08 Å². The molecular formula is C36H44N2O11. The van der Waals surface area contributed by atoms with Gasteiger partial charge < -0.3 is 30.3 Å². The third kappa shape index (κ3) is 15.0. The Balaban J connectivity index is 2.27. The SMILES string of the molecule is CCOC(=O)/C=C/[C@H](CC(=O)O)NC(=O)[C@@H](CC(=O)[C@H](CCC(=O)O)NC(=O)[C@@H](CC(=O)OCc1ccccc1)C(C)C)c1ccccc1. The summed E-state index contributed by atoms with van der Waals surface area (Å²) in [5, 5.41) is 23.9. The highest BCUT2D eigenvalue weighted by Crippen LogP contribution is 2.24. The molecule has 0 saturated carbocycles. The van der Waals surface area contributed by atoms with Crippen LogP contribution in [0.4, 0.5) is 0 Å². The molecule has 13 nitrogen and oxygen atoms in total. The largest absolute Gasteiger partial charge is 0.481 e. The van der Waals surface area contributed by atoms with Crippen molar-refractivity contribution in [2.45, 2.75) is 77.5 Å². The van der Waals surface area contributed by atoms with Gasteiger partial charge >= 0.3 is 23.9 Å². The molecule has 2 aromatic rings. The van der Waals surface area contributed by atoms with Crippen LogP contribution in [0.5, 0.6) is 0 Å². The molecular weight excluding hydrogens is 636 g/mol. The van der Waals surface area contributed by atoms with Gasteiger partial charge in [0.05, 0.1) is 43.4 Å². The number of aliphatic carboxylic acids is 2. The van der Waals surface area contributed by atoms with E-state index in [4.69, 9.17) is 9.47 Å². The zero-order chi connectivity index (χ0) is 36.3. The molecule has 4 atom stereocenters. The fourth-order valence-corrected chi connectivity index (χ4v) is 4.88. The average Bonchev–Trinajstić information content (AvgIpc) is 3.06. The third-order valence-corrected chi connectivity index (χ3v) is 7.52. The van der Waals surface area contributed by atoms with Crippen LogP contribution < -0.4 is 10.6 Å². The molecule has 0 saturated heterocycles. The molecule has 2 amide bonds. The van der Waals surface area contributed by atoms with Gasteiger partial charge in [-0.3, -0.25) is 28.8 Å². The van der Waals surface area contributed by atoms with Crippen molar-refractivity contribution in [2.75, 3.05) is 6.61 Å². The van der Waals surface area contributed by atoms with E-state index in [-0.39, 0.29) is 32.0 Å². The normalized spacial score (nSPS) is 13.5. The summed E-state index contributed by atoms with van der Waals surface area (Å²) < 4.78 is 10.2. The lowest BCUT2D eigenvalue weighted by Crippen LogP contribution is -2.47. The molecule has 0 aliphatic carbocycles. The number of carboxylic acid groups (broad SMARTS) is 2. The number of carbonyl (C=O) groups is 7. The Bertz CT molecular complexity index is 1460. The van der Waals surface area contributed by atoms with Crippen LogP contribution in [-0.2, 0) is 49.6 Å². The highest BCUT2D eigenvalue weighted by Gasteiger charge is 2.33. The first kappa shape index (κ1) is 39.8. The maximum absolute atomic E-state index is 13.8. The number of hydrogen-bond acceptors (Lipinski definition) is 9. The minimum absolute atomic E-state index is 0.0146. The number of Topliss-reactive ketones (excluding diaryl/α,β-unsaturated/α-hetero) is 1. The van der Waals surface area contributed by atoms with Crippen LogP contribution in [0, 0.1) is 11.8 Å². The molecule has 49 heavy (non-hydrogen) atoms. The molecule has 264 valence electrons. The molecule has 0 aromatic heterocycles. The number of rotatable bonds is 21. The minimum Gasteiger partial charge on any atom is -0.481 e. The summed E-state index contributed by atoms with van der Waals surface area (Å²) >= 11 is 0. The van der Waals surface area contributed by atoms with Crippen LogP contribution >= 0.6 is 0 Å². The molecule has 0 unspecified atom stereocenters. The molecule has 13 heteroatoms. The summed E-state index contributed by atoms with van der Waals surface area (Å²) in [7, 11) is 0. The van der Waals surface area contributed by atoms with Crippen molar-refractivity contribution in [1.29, 1.82) is 0 Å². The van der Waals surface area contributed by atoms with E-state index < -0.39 is 84.7 Å². The highest BCUT2D eigenvalue weighted by atomic mass is 16.5. The van der Waals surface area contributed by atoms with Crippen molar-refractivity contribution in [1.82, 2.24) is 10.6 Å². The Hall–Kier alpha value is -5.33. The Labute approximate surface area is 285 Å². The van der Waals surface area contributed by atoms with E-state index >= 15 is 0 Å². The lowest BCUT2D eigenvalue weighted by molar-refractivity contribution is -0.149. The van der Waals surface area contributed by atoms with E-state index in [0.717, 1.165) is 11.6 Å². The predicted molar refractivity (Wildman–Crippen MR) is 177 cm³/mol. The number of ether oxygens (including phenoxy) is 2. The predicted octanol–water partition coefficient (Wildman–Crippen LogP) is 3.56. The number of benzene rings is 2. The van der Waals surface area contributed by atoms with Gasteiger partial charge in [0.15, 0.2) is 5.78 Å². The van der Waals surface area contributed by atoms with Gasteiger partial charge in [0.2, 0.25) is 11.8 Å². The van der Waals surface area contributed by atoms with Crippen molar-refractivity contribution in [3.05, 3.63) is 83.9 Å². The van der Waals surface area contributed by atoms with E-state index in [1.807, 2.05) is 6.07 Å². The van der Waals surface area contributed by atoms with Gasteiger partial charge in [-0.2, -0.15) is 0 Å². The molecule has 0 spiro atoms. The van der Waals surface area contributed by atoms with Crippen molar-refractivity contribution in [3.8, 4) is 0 Å². The first-order chi connectivity index (χ1) is 23.3. The zero-order valence-electron chi connectivity index (χ0n) is 27.8. The lowest BCUT2D eigenvalue weighted by atomic mass is 9.88. The molecule has 0 heterocycles. The second-order valence-electron chi connectivity index (χ2n) is 11.7. The monoisotopic (exact) mass is 680 g/mol. The Morgan fingerprint density at radius 2 is 1.41 bits per heavy atom. The summed E-state index contributed by atoms with van der Waals surface area (Å²) in [6.07, 6.45) is 0.0995. The number of hydrogen-bond donors (Lipinski definition) is 4. The van der Waals surface area contributed by atoms with Crippen molar-refractivity contribution in [3.63, 3.8) is 0 Å². The molecule has 0 fully saturated rings. The summed E-state index contributed by atoms with van der Waals surface area (Å²) in [6, 6.07) is 14.7. The molecule has 2 aromatic carbocycles. The molecule has 0 radical (unpaired) electrons. The quantitative estimate of drug-likeness (QED) is 0.111. The van der Waals surface area contributed by atoms with Gasteiger partial charge in [0, 0.05) is 18.9 Å². The number of carboxylic acids is 2. The van der Waals surface area contributed by atoms with Crippen LogP contribution in [0.2, 0.25) is 0 Å². The average molecular weight is 681 g/mol. The Kier molecular flexibility index (Phi) is 16.9. The second kappa shape index (κ2) is 20.8. The van der Waals surface area contributed by atoms with Gasteiger partial charge in [-0.25, -0.2) is 4.79 Å². The van der Waals surface area contributed by atoms with Gasteiger partial charge in [0.25, 0.3) is 0 Å². The Morgan fingerprint density at radius 1 is 0.776 bits per heavy atom. The highest BCUT2D eigenvalue weighted by molar-refractivity contribution is 5.96. The fraction of sp³-hybridized carbons (Fsp3) is 0.417. The van der Waals surface area contributed by atoms with Gasteiger partial charge in [-0.05, 0) is 30.4 Å².